The first-order chi connectivity index (χ1) is 7.86. The van der Waals surface area contributed by atoms with Crippen LogP contribution in [0.3, 0.4) is 0 Å². The Labute approximate surface area is 135 Å². The normalized spacial score (nSPS) is 19.7. The molecule has 2 aliphatic heterocycles. The summed E-state index contributed by atoms with van der Waals surface area (Å²) in [6, 6.07) is 8.37. The fourth-order valence-electron chi connectivity index (χ4n) is 1.67. The SMILES string of the molecule is CC1CCCO1.[Br-].[Mg+2].[c-]1ccc2c(c1)OCCO2. The molecule has 3 rings (SSSR count). The third-order valence-electron chi connectivity index (χ3n) is 2.54. The summed E-state index contributed by atoms with van der Waals surface area (Å²) in [6.45, 7) is 4.40. The van der Waals surface area contributed by atoms with Crippen LogP contribution in [-0.2, 0) is 4.74 Å². The van der Waals surface area contributed by atoms with Gasteiger partial charge in [0.15, 0.2) is 0 Å². The van der Waals surface area contributed by atoms with E-state index >= 15 is 0 Å². The van der Waals surface area contributed by atoms with Crippen molar-refractivity contribution in [3.63, 3.8) is 0 Å². The summed E-state index contributed by atoms with van der Waals surface area (Å²) in [4.78, 5) is 0. The van der Waals surface area contributed by atoms with Gasteiger partial charge in [-0.15, -0.1) is 12.1 Å². The van der Waals surface area contributed by atoms with Gasteiger partial charge in [-0.3, -0.25) is 0 Å². The van der Waals surface area contributed by atoms with Gasteiger partial charge >= 0.3 is 23.1 Å². The molecule has 2 aliphatic rings. The van der Waals surface area contributed by atoms with Gasteiger partial charge in [-0.25, -0.2) is 0 Å². The van der Waals surface area contributed by atoms with Crippen molar-refractivity contribution in [3.05, 3.63) is 24.3 Å². The molecule has 0 radical (unpaired) electrons. The van der Waals surface area contributed by atoms with Gasteiger partial charge in [0.05, 0.1) is 11.9 Å². The maximum Gasteiger partial charge on any atom is 2.00 e. The van der Waals surface area contributed by atoms with Crippen molar-refractivity contribution in [2.24, 2.45) is 0 Å². The Balaban J connectivity index is 0.000000319. The second-order valence-corrected chi connectivity index (χ2v) is 3.89. The van der Waals surface area contributed by atoms with Crippen LogP contribution in [0.5, 0.6) is 11.5 Å². The van der Waals surface area contributed by atoms with Crippen molar-refractivity contribution in [3.8, 4) is 11.5 Å². The molecule has 1 aromatic carbocycles. The summed E-state index contributed by atoms with van der Waals surface area (Å²) >= 11 is 0. The smallest absolute Gasteiger partial charge is 1.00 e. The van der Waals surface area contributed by atoms with E-state index in [2.05, 4.69) is 13.0 Å². The van der Waals surface area contributed by atoms with Crippen molar-refractivity contribution < 1.29 is 31.2 Å². The molecule has 18 heavy (non-hydrogen) atoms. The Kier molecular flexibility index (Phi) is 9.91. The van der Waals surface area contributed by atoms with Crippen LogP contribution in [-0.4, -0.2) is 49.0 Å². The van der Waals surface area contributed by atoms with E-state index in [9.17, 15) is 0 Å². The van der Waals surface area contributed by atoms with Gasteiger partial charge in [0.25, 0.3) is 0 Å². The van der Waals surface area contributed by atoms with Gasteiger partial charge in [-0.2, -0.15) is 12.1 Å². The fourth-order valence-corrected chi connectivity index (χ4v) is 1.67. The number of benzene rings is 1. The van der Waals surface area contributed by atoms with Crippen LogP contribution >= 0.6 is 0 Å². The zero-order valence-corrected chi connectivity index (χ0v) is 13.7. The molecule has 0 saturated carbocycles. The zero-order chi connectivity index (χ0) is 11.2. The number of fused-ring (bicyclic) bond motifs is 1. The van der Waals surface area contributed by atoms with Gasteiger partial charge in [0, 0.05) is 12.4 Å². The summed E-state index contributed by atoms with van der Waals surface area (Å²) in [6.07, 6.45) is 3.08. The average Bonchev–Trinajstić information content (AvgIpc) is 2.81. The van der Waals surface area contributed by atoms with E-state index in [1.54, 1.807) is 6.07 Å². The third-order valence-corrected chi connectivity index (χ3v) is 2.54. The topological polar surface area (TPSA) is 27.7 Å². The van der Waals surface area contributed by atoms with E-state index in [1.807, 2.05) is 12.1 Å². The molecule has 2 heterocycles. The third kappa shape index (κ3) is 5.78. The number of halogens is 1. The van der Waals surface area contributed by atoms with Gasteiger partial charge in [-0.05, 0) is 19.8 Å². The van der Waals surface area contributed by atoms with Gasteiger partial charge in [0.2, 0.25) is 0 Å². The van der Waals surface area contributed by atoms with Crippen molar-refractivity contribution in [2.45, 2.75) is 25.9 Å². The number of ether oxygens (including phenoxy) is 3. The van der Waals surface area contributed by atoms with Crippen molar-refractivity contribution in [1.29, 1.82) is 0 Å². The first kappa shape index (κ1) is 18.0. The molecule has 1 atom stereocenters. The molecule has 3 nitrogen and oxygen atoms in total. The Hall–Kier alpha value is 0.0262. The molecule has 1 unspecified atom stereocenters. The molecule has 96 valence electrons. The van der Waals surface area contributed by atoms with E-state index in [1.165, 1.54) is 12.8 Å². The first-order valence-electron chi connectivity index (χ1n) is 5.73. The van der Waals surface area contributed by atoms with E-state index in [0.29, 0.717) is 19.3 Å². The maximum atomic E-state index is 5.28. The van der Waals surface area contributed by atoms with Crippen LogP contribution in [0.4, 0.5) is 0 Å². The molecule has 1 aromatic rings. The molecule has 0 aromatic heterocycles. The Bertz CT molecular complexity index is 305. The van der Waals surface area contributed by atoms with E-state index in [0.717, 1.165) is 18.1 Å². The van der Waals surface area contributed by atoms with Crippen molar-refractivity contribution >= 4 is 23.1 Å². The second-order valence-electron chi connectivity index (χ2n) is 3.89. The van der Waals surface area contributed by atoms with Crippen LogP contribution < -0.4 is 26.5 Å². The quantitative estimate of drug-likeness (QED) is 0.456. The predicted octanol–water partition coefficient (Wildman–Crippen LogP) is -0.934. The minimum atomic E-state index is 0. The van der Waals surface area contributed by atoms with Crippen LogP contribution in [0.2, 0.25) is 0 Å². The van der Waals surface area contributed by atoms with E-state index < -0.39 is 0 Å². The summed E-state index contributed by atoms with van der Waals surface area (Å²) < 4.78 is 15.7. The summed E-state index contributed by atoms with van der Waals surface area (Å²) in [5.41, 5.74) is 0. The van der Waals surface area contributed by atoms with Gasteiger partial charge in [0.1, 0.15) is 13.2 Å². The van der Waals surface area contributed by atoms with Gasteiger partial charge < -0.3 is 31.2 Å². The number of hydrogen-bond acceptors (Lipinski definition) is 3. The molecule has 1 saturated heterocycles. The standard InChI is InChI=1S/C8H7O2.C5H10O.BrH.Mg/c1-2-4-8-7(3-1)9-5-6-10-8;1-5-3-2-4-6-5;;/h1,3-4H,5-6H2;5H,2-4H2,1H3;1H;/q-1;;;+2/p-1. The van der Waals surface area contributed by atoms with E-state index in [4.69, 9.17) is 14.2 Å². The summed E-state index contributed by atoms with van der Waals surface area (Å²) in [5.74, 6) is 1.62. The Morgan fingerprint density at radius 3 is 2.39 bits per heavy atom. The monoisotopic (exact) mass is 324 g/mol. The maximum absolute atomic E-state index is 5.28. The van der Waals surface area contributed by atoms with E-state index in [-0.39, 0.29) is 40.0 Å². The second kappa shape index (κ2) is 9.89. The molecule has 0 bridgehead atoms. The fraction of sp³-hybridized carbons (Fsp3) is 0.538. The van der Waals surface area contributed by atoms with Crippen LogP contribution in [0, 0.1) is 6.07 Å². The van der Waals surface area contributed by atoms with Crippen molar-refractivity contribution in [2.75, 3.05) is 19.8 Å². The van der Waals surface area contributed by atoms with Crippen LogP contribution in [0.15, 0.2) is 18.2 Å². The largest absolute Gasteiger partial charge is 2.00 e. The molecule has 0 amide bonds. The first-order valence-corrected chi connectivity index (χ1v) is 5.73. The molecular weight excluding hydrogens is 308 g/mol. The summed E-state index contributed by atoms with van der Waals surface area (Å²) in [5, 5.41) is 0. The summed E-state index contributed by atoms with van der Waals surface area (Å²) in [7, 11) is 0. The molecule has 0 N–H and O–H groups in total. The van der Waals surface area contributed by atoms with Crippen LogP contribution in [0.1, 0.15) is 19.8 Å². The molecule has 0 spiro atoms. The average molecular weight is 325 g/mol. The molecule has 5 heteroatoms. The Morgan fingerprint density at radius 2 is 1.89 bits per heavy atom. The number of rotatable bonds is 0. The van der Waals surface area contributed by atoms with Crippen molar-refractivity contribution in [1.82, 2.24) is 0 Å². The minimum absolute atomic E-state index is 0. The Morgan fingerprint density at radius 1 is 1.17 bits per heavy atom. The van der Waals surface area contributed by atoms with Gasteiger partial charge in [-0.1, -0.05) is 0 Å². The minimum Gasteiger partial charge on any atom is -1.00 e. The van der Waals surface area contributed by atoms with Crippen LogP contribution in [0.25, 0.3) is 0 Å². The molecular formula is C13H17BrMgO3. The predicted molar refractivity (Wildman–Crippen MR) is 66.7 cm³/mol. The zero-order valence-electron chi connectivity index (χ0n) is 10.7. The molecule has 0 aliphatic carbocycles. The molecule has 1 fully saturated rings. The number of hydrogen-bond donors (Lipinski definition) is 0.